The quantitative estimate of drug-likeness (QED) is 0.601. The average molecular weight is 243 g/mol. The van der Waals surface area contributed by atoms with Crippen molar-refractivity contribution >= 4 is 11.9 Å². The molecule has 1 atom stereocenters. The lowest BCUT2D eigenvalue weighted by Crippen LogP contribution is -2.42. The van der Waals surface area contributed by atoms with Crippen molar-refractivity contribution < 1.29 is 19.8 Å². The molecule has 5 heteroatoms. The summed E-state index contributed by atoms with van der Waals surface area (Å²) in [5.74, 6) is -1.44. The van der Waals surface area contributed by atoms with Crippen LogP contribution in [0.3, 0.4) is 0 Å². The average Bonchev–Trinajstić information content (AvgIpc) is 2.92. The lowest BCUT2D eigenvalue weighted by atomic mass is 9.86. The zero-order valence-corrected chi connectivity index (χ0v) is 10.6. The van der Waals surface area contributed by atoms with Crippen LogP contribution in [0.25, 0.3) is 0 Å². The van der Waals surface area contributed by atoms with E-state index >= 15 is 0 Å². The van der Waals surface area contributed by atoms with Crippen LogP contribution in [0, 0.1) is 10.8 Å². The van der Waals surface area contributed by atoms with Gasteiger partial charge >= 0.3 is 5.97 Å². The second kappa shape index (κ2) is 4.64. The Morgan fingerprint density at radius 1 is 1.41 bits per heavy atom. The van der Waals surface area contributed by atoms with Crippen molar-refractivity contribution in [3.8, 4) is 0 Å². The molecule has 1 aliphatic carbocycles. The molecule has 1 unspecified atom stereocenters. The van der Waals surface area contributed by atoms with Crippen molar-refractivity contribution in [1.82, 2.24) is 5.32 Å². The molecule has 0 spiro atoms. The molecule has 0 heterocycles. The van der Waals surface area contributed by atoms with Crippen LogP contribution in [0.4, 0.5) is 0 Å². The molecule has 0 aromatic heterocycles. The number of aliphatic carboxylic acids is 1. The third kappa shape index (κ3) is 3.43. The van der Waals surface area contributed by atoms with Gasteiger partial charge in [-0.1, -0.05) is 13.8 Å². The highest BCUT2D eigenvalue weighted by Gasteiger charge is 2.57. The maximum atomic E-state index is 11.7. The lowest BCUT2D eigenvalue weighted by Gasteiger charge is -2.27. The smallest absolute Gasteiger partial charge is 0.319 e. The SMILES string of the molecule is CC(O)CC(C)(C)CNC(=O)C1(C(=O)O)CC1. The van der Waals surface area contributed by atoms with Gasteiger partial charge in [0.1, 0.15) is 5.41 Å². The highest BCUT2D eigenvalue weighted by Crippen LogP contribution is 2.46. The summed E-state index contributed by atoms with van der Waals surface area (Å²) in [6, 6.07) is 0. The first-order valence-electron chi connectivity index (χ1n) is 5.89. The number of carbonyl (C=O) groups is 2. The van der Waals surface area contributed by atoms with Crippen LogP contribution in [-0.4, -0.2) is 34.7 Å². The van der Waals surface area contributed by atoms with E-state index in [0.29, 0.717) is 25.8 Å². The topological polar surface area (TPSA) is 86.6 Å². The van der Waals surface area contributed by atoms with E-state index < -0.39 is 23.4 Å². The number of hydrogen-bond acceptors (Lipinski definition) is 3. The molecule has 17 heavy (non-hydrogen) atoms. The van der Waals surface area contributed by atoms with Crippen molar-refractivity contribution in [3.63, 3.8) is 0 Å². The molecule has 3 N–H and O–H groups in total. The molecule has 1 rings (SSSR count). The molecule has 0 saturated heterocycles. The number of hydrogen-bond donors (Lipinski definition) is 3. The van der Waals surface area contributed by atoms with Crippen molar-refractivity contribution in [2.75, 3.05) is 6.54 Å². The summed E-state index contributed by atoms with van der Waals surface area (Å²) < 4.78 is 0. The van der Waals surface area contributed by atoms with Gasteiger partial charge in [0.25, 0.3) is 0 Å². The van der Waals surface area contributed by atoms with Gasteiger partial charge in [0.15, 0.2) is 0 Å². The second-order valence-corrected chi connectivity index (χ2v) is 5.79. The third-order valence-corrected chi connectivity index (χ3v) is 3.17. The standard InChI is InChI=1S/C12H21NO4/c1-8(14)6-11(2,3)7-13-9(15)12(4-5-12)10(16)17/h8,14H,4-7H2,1-3H3,(H,13,15)(H,16,17). The molecule has 98 valence electrons. The lowest BCUT2D eigenvalue weighted by molar-refractivity contribution is -0.149. The molecule has 0 aromatic rings. The molecule has 0 aliphatic heterocycles. The van der Waals surface area contributed by atoms with Gasteiger partial charge in [0.2, 0.25) is 5.91 Å². The Labute approximate surface area is 101 Å². The number of rotatable bonds is 6. The Balaban J connectivity index is 2.46. The number of nitrogens with one attached hydrogen (secondary N) is 1. The predicted molar refractivity (Wildman–Crippen MR) is 62.4 cm³/mol. The summed E-state index contributed by atoms with van der Waals surface area (Å²) in [5.41, 5.74) is -1.42. The monoisotopic (exact) mass is 243 g/mol. The van der Waals surface area contributed by atoms with Gasteiger partial charge in [0, 0.05) is 6.54 Å². The Morgan fingerprint density at radius 2 is 1.94 bits per heavy atom. The Morgan fingerprint density at radius 3 is 2.29 bits per heavy atom. The van der Waals surface area contributed by atoms with Crippen LogP contribution in [0.2, 0.25) is 0 Å². The molecular weight excluding hydrogens is 222 g/mol. The Bertz CT molecular complexity index is 318. The second-order valence-electron chi connectivity index (χ2n) is 5.79. The maximum absolute atomic E-state index is 11.7. The normalized spacial score (nSPS) is 19.5. The fourth-order valence-electron chi connectivity index (χ4n) is 2.02. The van der Waals surface area contributed by atoms with Gasteiger partial charge in [-0.05, 0) is 31.6 Å². The van der Waals surface area contributed by atoms with Gasteiger partial charge in [-0.3, -0.25) is 9.59 Å². The van der Waals surface area contributed by atoms with Crippen LogP contribution in [0.1, 0.15) is 40.0 Å². The Hall–Kier alpha value is -1.10. The summed E-state index contributed by atoms with van der Waals surface area (Å²) in [5, 5.41) is 20.9. The molecule has 1 amide bonds. The maximum Gasteiger partial charge on any atom is 0.319 e. The fourth-order valence-corrected chi connectivity index (χ4v) is 2.02. The first-order valence-corrected chi connectivity index (χ1v) is 5.89. The molecular formula is C12H21NO4. The van der Waals surface area contributed by atoms with E-state index in [-0.39, 0.29) is 5.41 Å². The minimum Gasteiger partial charge on any atom is -0.480 e. The number of aliphatic hydroxyl groups is 1. The van der Waals surface area contributed by atoms with Gasteiger partial charge in [-0.15, -0.1) is 0 Å². The van der Waals surface area contributed by atoms with E-state index in [1.54, 1.807) is 6.92 Å². The number of aliphatic hydroxyl groups excluding tert-OH is 1. The zero-order chi connectivity index (χ0) is 13.3. The molecule has 0 bridgehead atoms. The third-order valence-electron chi connectivity index (χ3n) is 3.17. The highest BCUT2D eigenvalue weighted by molar-refractivity contribution is 6.04. The van der Waals surface area contributed by atoms with Gasteiger partial charge in [-0.25, -0.2) is 0 Å². The number of carboxylic acid groups (broad SMARTS) is 1. The van der Waals surface area contributed by atoms with Crippen LogP contribution >= 0.6 is 0 Å². The summed E-state index contributed by atoms with van der Waals surface area (Å²) in [4.78, 5) is 22.7. The highest BCUT2D eigenvalue weighted by atomic mass is 16.4. The summed E-state index contributed by atoms with van der Waals surface area (Å²) in [6.45, 7) is 5.94. The van der Waals surface area contributed by atoms with Crippen LogP contribution < -0.4 is 5.32 Å². The molecule has 5 nitrogen and oxygen atoms in total. The van der Waals surface area contributed by atoms with E-state index in [0.717, 1.165) is 0 Å². The first kappa shape index (κ1) is 14.0. The largest absolute Gasteiger partial charge is 0.480 e. The number of carboxylic acids is 1. The van der Waals surface area contributed by atoms with Gasteiger partial charge in [0.05, 0.1) is 6.10 Å². The minimum absolute atomic E-state index is 0.238. The van der Waals surface area contributed by atoms with Crippen molar-refractivity contribution in [2.45, 2.75) is 46.1 Å². The fraction of sp³-hybridized carbons (Fsp3) is 0.833. The summed E-state index contributed by atoms with van der Waals surface area (Å²) in [6.07, 6.45) is 0.972. The molecule has 0 radical (unpaired) electrons. The van der Waals surface area contributed by atoms with E-state index in [2.05, 4.69) is 5.32 Å². The van der Waals surface area contributed by atoms with Gasteiger partial charge < -0.3 is 15.5 Å². The van der Waals surface area contributed by atoms with Crippen molar-refractivity contribution in [2.24, 2.45) is 10.8 Å². The van der Waals surface area contributed by atoms with Crippen LogP contribution in [-0.2, 0) is 9.59 Å². The van der Waals surface area contributed by atoms with Gasteiger partial charge in [-0.2, -0.15) is 0 Å². The van der Waals surface area contributed by atoms with Crippen molar-refractivity contribution in [3.05, 3.63) is 0 Å². The predicted octanol–water partition coefficient (Wildman–Crippen LogP) is 0.764. The summed E-state index contributed by atoms with van der Waals surface area (Å²) >= 11 is 0. The molecule has 1 fully saturated rings. The van der Waals surface area contributed by atoms with E-state index in [4.69, 9.17) is 5.11 Å². The first-order chi connectivity index (χ1) is 7.69. The van der Waals surface area contributed by atoms with E-state index in [1.165, 1.54) is 0 Å². The molecule has 0 aromatic carbocycles. The number of carbonyl (C=O) groups excluding carboxylic acids is 1. The molecule has 1 aliphatic rings. The van der Waals surface area contributed by atoms with Crippen LogP contribution in [0.5, 0.6) is 0 Å². The minimum atomic E-state index is -1.18. The Kier molecular flexibility index (Phi) is 3.81. The summed E-state index contributed by atoms with van der Waals surface area (Å²) in [7, 11) is 0. The van der Waals surface area contributed by atoms with E-state index in [1.807, 2.05) is 13.8 Å². The zero-order valence-electron chi connectivity index (χ0n) is 10.6. The van der Waals surface area contributed by atoms with Crippen molar-refractivity contribution in [1.29, 1.82) is 0 Å². The van der Waals surface area contributed by atoms with E-state index in [9.17, 15) is 14.7 Å². The molecule has 1 saturated carbocycles. The number of amides is 1. The van der Waals surface area contributed by atoms with Crippen LogP contribution in [0.15, 0.2) is 0 Å².